The molecule has 0 amide bonds. The lowest BCUT2D eigenvalue weighted by Gasteiger charge is -2.23. The molecule has 1 aliphatic heterocycles. The monoisotopic (exact) mass is 194 g/mol. The van der Waals surface area contributed by atoms with Crippen molar-refractivity contribution >= 4 is 0 Å². The standard InChI is InChI=1S/C12H22N2/c1-2-10-5-9(1)6-11(10)7-14-12-3-4-13-8-12/h9-14H,1-8H2. The molecule has 0 aromatic heterocycles. The zero-order valence-corrected chi connectivity index (χ0v) is 8.97. The minimum Gasteiger partial charge on any atom is -0.315 e. The number of hydrogen-bond acceptors (Lipinski definition) is 2. The summed E-state index contributed by atoms with van der Waals surface area (Å²) in [6.45, 7) is 3.71. The molecule has 14 heavy (non-hydrogen) atoms. The molecular weight excluding hydrogens is 172 g/mol. The quantitative estimate of drug-likeness (QED) is 0.709. The molecule has 0 spiro atoms. The normalized spacial score (nSPS) is 46.3. The van der Waals surface area contributed by atoms with Gasteiger partial charge in [0.2, 0.25) is 0 Å². The first-order chi connectivity index (χ1) is 6.92. The number of hydrogen-bond donors (Lipinski definition) is 2. The minimum atomic E-state index is 0.772. The summed E-state index contributed by atoms with van der Waals surface area (Å²) in [5.74, 6) is 3.21. The third-order valence-corrected chi connectivity index (χ3v) is 4.61. The van der Waals surface area contributed by atoms with E-state index in [-0.39, 0.29) is 0 Å². The Bertz CT molecular complexity index is 198. The van der Waals surface area contributed by atoms with Gasteiger partial charge < -0.3 is 10.6 Å². The zero-order chi connectivity index (χ0) is 9.38. The first kappa shape index (κ1) is 9.17. The fraction of sp³-hybridized carbons (Fsp3) is 1.00. The molecule has 2 bridgehead atoms. The summed E-state index contributed by atoms with van der Waals surface area (Å²) in [6.07, 6.45) is 7.47. The van der Waals surface area contributed by atoms with E-state index in [9.17, 15) is 0 Å². The van der Waals surface area contributed by atoms with Gasteiger partial charge in [-0.2, -0.15) is 0 Å². The molecule has 3 rings (SSSR count). The molecule has 4 unspecified atom stereocenters. The van der Waals surface area contributed by atoms with Gasteiger partial charge in [0, 0.05) is 12.6 Å². The lowest BCUT2D eigenvalue weighted by Crippen LogP contribution is -2.36. The highest BCUT2D eigenvalue weighted by Crippen LogP contribution is 2.47. The van der Waals surface area contributed by atoms with Crippen LogP contribution in [0.15, 0.2) is 0 Å². The maximum atomic E-state index is 3.75. The van der Waals surface area contributed by atoms with Gasteiger partial charge in [0.05, 0.1) is 0 Å². The summed E-state index contributed by atoms with van der Waals surface area (Å²) < 4.78 is 0. The molecule has 0 aromatic rings. The van der Waals surface area contributed by atoms with Crippen molar-refractivity contribution in [2.75, 3.05) is 19.6 Å². The van der Waals surface area contributed by atoms with E-state index in [0.717, 1.165) is 23.8 Å². The van der Waals surface area contributed by atoms with E-state index in [0.29, 0.717) is 0 Å². The summed E-state index contributed by atoms with van der Waals surface area (Å²) in [6, 6.07) is 0.772. The number of rotatable bonds is 3. The van der Waals surface area contributed by atoms with Crippen molar-refractivity contribution in [1.82, 2.24) is 10.6 Å². The molecule has 2 heteroatoms. The van der Waals surface area contributed by atoms with E-state index in [1.807, 2.05) is 0 Å². The maximum Gasteiger partial charge on any atom is 0.0204 e. The fourth-order valence-electron chi connectivity index (χ4n) is 3.77. The molecule has 2 aliphatic carbocycles. The number of nitrogens with one attached hydrogen (secondary N) is 2. The molecule has 0 aromatic carbocycles. The van der Waals surface area contributed by atoms with E-state index >= 15 is 0 Å². The average Bonchev–Trinajstić information content (AvgIpc) is 2.91. The SMILES string of the molecule is C1CC(NCC2CC3CCC2C3)CN1. The highest BCUT2D eigenvalue weighted by molar-refractivity contribution is 4.91. The van der Waals surface area contributed by atoms with E-state index in [2.05, 4.69) is 10.6 Å². The Morgan fingerprint density at radius 2 is 2.14 bits per heavy atom. The molecule has 4 atom stereocenters. The van der Waals surface area contributed by atoms with Crippen molar-refractivity contribution in [2.45, 2.75) is 38.1 Å². The third-order valence-electron chi connectivity index (χ3n) is 4.61. The first-order valence-electron chi connectivity index (χ1n) is 6.36. The van der Waals surface area contributed by atoms with Crippen molar-refractivity contribution < 1.29 is 0 Å². The van der Waals surface area contributed by atoms with Gasteiger partial charge in [-0.1, -0.05) is 6.42 Å². The van der Waals surface area contributed by atoms with Crippen LogP contribution in [0.25, 0.3) is 0 Å². The minimum absolute atomic E-state index is 0.772. The summed E-state index contributed by atoms with van der Waals surface area (Å²) in [5.41, 5.74) is 0. The zero-order valence-electron chi connectivity index (χ0n) is 8.97. The van der Waals surface area contributed by atoms with Crippen LogP contribution in [0.2, 0.25) is 0 Å². The second kappa shape index (κ2) is 3.82. The summed E-state index contributed by atoms with van der Waals surface area (Å²) in [4.78, 5) is 0. The van der Waals surface area contributed by atoms with Crippen LogP contribution in [0.4, 0.5) is 0 Å². The predicted octanol–water partition coefficient (Wildman–Crippen LogP) is 1.37. The van der Waals surface area contributed by atoms with E-state index < -0.39 is 0 Å². The Labute approximate surface area is 86.8 Å². The second-order valence-electron chi connectivity index (χ2n) is 5.53. The van der Waals surface area contributed by atoms with Crippen LogP contribution in [0, 0.1) is 17.8 Å². The smallest absolute Gasteiger partial charge is 0.0204 e. The summed E-state index contributed by atoms with van der Waals surface area (Å²) in [5, 5.41) is 7.17. The molecule has 0 radical (unpaired) electrons. The molecule has 1 saturated heterocycles. The van der Waals surface area contributed by atoms with Crippen LogP contribution < -0.4 is 10.6 Å². The highest BCUT2D eigenvalue weighted by atomic mass is 15.0. The molecular formula is C12H22N2. The molecule has 1 heterocycles. The summed E-state index contributed by atoms with van der Waals surface area (Å²) in [7, 11) is 0. The van der Waals surface area contributed by atoms with Crippen molar-refractivity contribution in [1.29, 1.82) is 0 Å². The van der Waals surface area contributed by atoms with Gasteiger partial charge in [0.1, 0.15) is 0 Å². The molecule has 2 saturated carbocycles. The third kappa shape index (κ3) is 1.70. The van der Waals surface area contributed by atoms with E-state index in [4.69, 9.17) is 0 Å². The topological polar surface area (TPSA) is 24.1 Å². The Morgan fingerprint density at radius 1 is 1.14 bits per heavy atom. The molecule has 2 N–H and O–H groups in total. The van der Waals surface area contributed by atoms with Crippen molar-refractivity contribution in [3.8, 4) is 0 Å². The van der Waals surface area contributed by atoms with Gasteiger partial charge in [-0.25, -0.2) is 0 Å². The van der Waals surface area contributed by atoms with Gasteiger partial charge in [0.15, 0.2) is 0 Å². The van der Waals surface area contributed by atoms with Crippen LogP contribution in [0.1, 0.15) is 32.1 Å². The van der Waals surface area contributed by atoms with Crippen LogP contribution in [-0.4, -0.2) is 25.7 Å². The summed E-state index contributed by atoms with van der Waals surface area (Å²) >= 11 is 0. The van der Waals surface area contributed by atoms with E-state index in [1.54, 1.807) is 6.42 Å². The average molecular weight is 194 g/mol. The second-order valence-corrected chi connectivity index (χ2v) is 5.53. The van der Waals surface area contributed by atoms with Crippen molar-refractivity contribution in [2.24, 2.45) is 17.8 Å². The predicted molar refractivity (Wildman–Crippen MR) is 58.2 cm³/mol. The van der Waals surface area contributed by atoms with Gasteiger partial charge in [0.25, 0.3) is 0 Å². The van der Waals surface area contributed by atoms with Crippen molar-refractivity contribution in [3.05, 3.63) is 0 Å². The van der Waals surface area contributed by atoms with Gasteiger partial charge in [-0.3, -0.25) is 0 Å². The molecule has 3 aliphatic rings. The van der Waals surface area contributed by atoms with Crippen LogP contribution in [-0.2, 0) is 0 Å². The van der Waals surface area contributed by atoms with Gasteiger partial charge in [-0.15, -0.1) is 0 Å². The van der Waals surface area contributed by atoms with E-state index in [1.165, 1.54) is 45.3 Å². The lowest BCUT2D eigenvalue weighted by molar-refractivity contribution is 0.308. The fourth-order valence-corrected chi connectivity index (χ4v) is 3.77. The largest absolute Gasteiger partial charge is 0.315 e. The molecule has 80 valence electrons. The highest BCUT2D eigenvalue weighted by Gasteiger charge is 2.39. The molecule has 3 fully saturated rings. The maximum absolute atomic E-state index is 3.75. The lowest BCUT2D eigenvalue weighted by atomic mass is 9.88. The Balaban J connectivity index is 1.44. The Hall–Kier alpha value is -0.0800. The number of fused-ring (bicyclic) bond motifs is 2. The van der Waals surface area contributed by atoms with Gasteiger partial charge >= 0.3 is 0 Å². The van der Waals surface area contributed by atoms with Crippen molar-refractivity contribution in [3.63, 3.8) is 0 Å². The van der Waals surface area contributed by atoms with Crippen LogP contribution in [0.5, 0.6) is 0 Å². The Kier molecular flexibility index (Phi) is 2.50. The van der Waals surface area contributed by atoms with Gasteiger partial charge in [-0.05, 0) is 56.5 Å². The Morgan fingerprint density at radius 3 is 2.79 bits per heavy atom. The first-order valence-corrected chi connectivity index (χ1v) is 6.36. The van der Waals surface area contributed by atoms with Crippen LogP contribution >= 0.6 is 0 Å². The van der Waals surface area contributed by atoms with Crippen LogP contribution in [0.3, 0.4) is 0 Å². The molecule has 2 nitrogen and oxygen atoms in total.